The molecular formula is C17H14ClF3N2O4. The highest BCUT2D eigenvalue weighted by Gasteiger charge is 2.31. The molecule has 2 rings (SSSR count). The summed E-state index contributed by atoms with van der Waals surface area (Å²) in [6, 6.07) is 6.68. The summed E-state index contributed by atoms with van der Waals surface area (Å²) in [6.07, 6.45) is -5.83. The number of carbonyl (C=O) groups is 1. The zero-order valence-corrected chi connectivity index (χ0v) is 14.9. The Morgan fingerprint density at radius 1 is 1.26 bits per heavy atom. The monoisotopic (exact) mass is 402 g/mol. The van der Waals surface area contributed by atoms with Crippen molar-refractivity contribution in [2.45, 2.75) is 26.1 Å². The summed E-state index contributed by atoms with van der Waals surface area (Å²) in [6.45, 7) is 2.96. The first kappa shape index (κ1) is 20.5. The molecular weight excluding hydrogens is 389 g/mol. The molecule has 0 radical (unpaired) electrons. The maximum absolute atomic E-state index is 12.8. The molecule has 1 N–H and O–H groups in total. The molecule has 0 bridgehead atoms. The number of anilines is 1. The van der Waals surface area contributed by atoms with Crippen molar-refractivity contribution in [1.29, 1.82) is 0 Å². The number of benzene rings is 2. The number of ether oxygens (including phenoxy) is 1. The van der Waals surface area contributed by atoms with Crippen LogP contribution in [0.5, 0.6) is 5.75 Å². The molecule has 2 aromatic carbocycles. The molecule has 0 saturated carbocycles. The lowest BCUT2D eigenvalue weighted by Gasteiger charge is -2.16. The van der Waals surface area contributed by atoms with Gasteiger partial charge in [0.05, 0.1) is 21.2 Å². The van der Waals surface area contributed by atoms with Crippen molar-refractivity contribution >= 4 is 28.9 Å². The molecule has 0 fully saturated rings. The second-order valence-corrected chi connectivity index (χ2v) is 6.08. The van der Waals surface area contributed by atoms with Gasteiger partial charge in [0.15, 0.2) is 11.9 Å². The molecule has 0 unspecified atom stereocenters. The van der Waals surface area contributed by atoms with Gasteiger partial charge in [0.1, 0.15) is 0 Å². The fourth-order valence-corrected chi connectivity index (χ4v) is 2.31. The van der Waals surface area contributed by atoms with Crippen molar-refractivity contribution in [3.63, 3.8) is 0 Å². The number of amides is 1. The number of nitro benzene ring substituents is 1. The van der Waals surface area contributed by atoms with Crippen LogP contribution >= 0.6 is 11.6 Å². The van der Waals surface area contributed by atoms with Crippen LogP contribution in [0.15, 0.2) is 36.4 Å². The van der Waals surface area contributed by atoms with Gasteiger partial charge in [-0.2, -0.15) is 13.2 Å². The molecule has 0 heterocycles. The summed E-state index contributed by atoms with van der Waals surface area (Å²) in [5.74, 6) is -0.950. The van der Waals surface area contributed by atoms with Crippen LogP contribution in [0.4, 0.5) is 24.5 Å². The third-order valence-corrected chi connectivity index (χ3v) is 3.87. The Kier molecular flexibility index (Phi) is 5.94. The summed E-state index contributed by atoms with van der Waals surface area (Å²) >= 11 is 5.83. The van der Waals surface area contributed by atoms with Gasteiger partial charge in [-0.05, 0) is 43.7 Å². The Morgan fingerprint density at radius 2 is 1.93 bits per heavy atom. The van der Waals surface area contributed by atoms with E-state index in [-0.39, 0.29) is 22.1 Å². The van der Waals surface area contributed by atoms with Gasteiger partial charge in [0.25, 0.3) is 5.91 Å². The van der Waals surface area contributed by atoms with Crippen LogP contribution in [0.2, 0.25) is 5.02 Å². The highest BCUT2D eigenvalue weighted by molar-refractivity contribution is 6.33. The second-order valence-electron chi connectivity index (χ2n) is 5.67. The Labute approximate surface area is 157 Å². The predicted octanol–water partition coefficient (Wildman–Crippen LogP) is 4.98. The normalized spacial score (nSPS) is 12.4. The van der Waals surface area contributed by atoms with E-state index in [4.69, 9.17) is 16.3 Å². The van der Waals surface area contributed by atoms with Gasteiger partial charge in [-0.25, -0.2) is 0 Å². The van der Waals surface area contributed by atoms with Crippen molar-refractivity contribution < 1.29 is 27.6 Å². The second kappa shape index (κ2) is 7.83. The number of halogens is 4. The molecule has 1 amide bonds. The number of rotatable bonds is 5. The zero-order chi connectivity index (χ0) is 20.4. The third-order valence-electron chi connectivity index (χ3n) is 3.54. The maximum Gasteiger partial charge on any atom is 0.416 e. The van der Waals surface area contributed by atoms with Gasteiger partial charge in [-0.3, -0.25) is 14.9 Å². The van der Waals surface area contributed by atoms with Gasteiger partial charge < -0.3 is 10.1 Å². The molecule has 10 heteroatoms. The molecule has 144 valence electrons. The first-order valence-electron chi connectivity index (χ1n) is 7.58. The van der Waals surface area contributed by atoms with E-state index >= 15 is 0 Å². The van der Waals surface area contributed by atoms with Crippen molar-refractivity contribution in [3.8, 4) is 5.75 Å². The average molecular weight is 403 g/mol. The van der Waals surface area contributed by atoms with Crippen LogP contribution in [0, 0.1) is 17.0 Å². The quantitative estimate of drug-likeness (QED) is 0.564. The number of hydrogen-bond donors (Lipinski definition) is 1. The van der Waals surface area contributed by atoms with Gasteiger partial charge in [-0.1, -0.05) is 17.7 Å². The molecule has 0 aliphatic rings. The number of nitro groups is 1. The summed E-state index contributed by atoms with van der Waals surface area (Å²) < 4.78 is 43.7. The van der Waals surface area contributed by atoms with Crippen LogP contribution in [-0.4, -0.2) is 16.9 Å². The third kappa shape index (κ3) is 5.10. The number of nitrogens with one attached hydrogen (secondary N) is 1. The summed E-state index contributed by atoms with van der Waals surface area (Å²) in [5, 5.41) is 13.2. The van der Waals surface area contributed by atoms with Crippen molar-refractivity contribution in [2.75, 3.05) is 5.32 Å². The Morgan fingerprint density at radius 3 is 2.52 bits per heavy atom. The first-order valence-corrected chi connectivity index (χ1v) is 7.96. The largest absolute Gasteiger partial charge is 0.474 e. The SMILES string of the molecule is Cc1ccc(O[C@H](C)C(=O)Nc2cc(C(F)(F)F)ccc2Cl)c([N+](=O)[O-])c1. The minimum atomic E-state index is -4.60. The fraction of sp³-hybridized carbons (Fsp3) is 0.235. The zero-order valence-electron chi connectivity index (χ0n) is 14.1. The van der Waals surface area contributed by atoms with Crippen LogP contribution in [-0.2, 0) is 11.0 Å². The van der Waals surface area contributed by atoms with Gasteiger partial charge >= 0.3 is 11.9 Å². The van der Waals surface area contributed by atoms with Crippen LogP contribution < -0.4 is 10.1 Å². The number of aryl methyl sites for hydroxylation is 1. The Balaban J connectivity index is 2.19. The molecule has 6 nitrogen and oxygen atoms in total. The van der Waals surface area contributed by atoms with E-state index in [9.17, 15) is 28.1 Å². The van der Waals surface area contributed by atoms with Gasteiger partial charge in [0, 0.05) is 6.07 Å². The first-order chi connectivity index (χ1) is 12.5. The average Bonchev–Trinajstić information content (AvgIpc) is 2.57. The smallest absolute Gasteiger partial charge is 0.416 e. The van der Waals surface area contributed by atoms with Crippen LogP contribution in [0.1, 0.15) is 18.1 Å². The highest BCUT2D eigenvalue weighted by atomic mass is 35.5. The molecule has 0 saturated heterocycles. The minimum absolute atomic E-state index is 0.0927. The molecule has 0 aliphatic carbocycles. The highest BCUT2D eigenvalue weighted by Crippen LogP contribution is 2.34. The summed E-state index contributed by atoms with van der Waals surface area (Å²) in [5.41, 5.74) is -0.927. The topological polar surface area (TPSA) is 81.5 Å². The molecule has 2 aromatic rings. The van der Waals surface area contributed by atoms with E-state index in [0.29, 0.717) is 11.6 Å². The maximum atomic E-state index is 12.8. The Hall–Kier alpha value is -2.81. The van der Waals surface area contributed by atoms with Crippen molar-refractivity contribution in [2.24, 2.45) is 0 Å². The lowest BCUT2D eigenvalue weighted by molar-refractivity contribution is -0.386. The van der Waals surface area contributed by atoms with Crippen LogP contribution in [0.3, 0.4) is 0 Å². The number of nitrogens with zero attached hydrogens (tertiary/aromatic N) is 1. The Bertz CT molecular complexity index is 887. The van der Waals surface area contributed by atoms with Gasteiger partial charge in [-0.15, -0.1) is 0 Å². The van der Waals surface area contributed by atoms with Gasteiger partial charge in [0.2, 0.25) is 0 Å². The molecule has 0 aromatic heterocycles. The summed E-state index contributed by atoms with van der Waals surface area (Å²) in [7, 11) is 0. The molecule has 0 spiro atoms. The van der Waals surface area contributed by atoms with E-state index in [1.807, 2.05) is 0 Å². The van der Waals surface area contributed by atoms with E-state index in [2.05, 4.69) is 5.32 Å². The number of alkyl halides is 3. The molecule has 27 heavy (non-hydrogen) atoms. The molecule has 0 aliphatic heterocycles. The summed E-state index contributed by atoms with van der Waals surface area (Å²) in [4.78, 5) is 22.7. The van der Waals surface area contributed by atoms with Crippen molar-refractivity contribution in [3.05, 3.63) is 62.7 Å². The fourth-order valence-electron chi connectivity index (χ4n) is 2.15. The number of hydrogen-bond acceptors (Lipinski definition) is 4. The van der Waals surface area contributed by atoms with E-state index in [1.165, 1.54) is 19.1 Å². The van der Waals surface area contributed by atoms with E-state index in [0.717, 1.165) is 12.1 Å². The predicted molar refractivity (Wildman–Crippen MR) is 93.0 cm³/mol. The van der Waals surface area contributed by atoms with E-state index in [1.54, 1.807) is 13.0 Å². The minimum Gasteiger partial charge on any atom is -0.474 e. The van der Waals surface area contributed by atoms with E-state index < -0.39 is 28.7 Å². The van der Waals surface area contributed by atoms with Crippen LogP contribution in [0.25, 0.3) is 0 Å². The standard InChI is InChI=1S/C17H14ClF3N2O4/c1-9-3-6-15(14(7-9)23(25)26)27-10(2)16(24)22-13-8-11(17(19,20)21)4-5-12(13)18/h3-8,10H,1-2H3,(H,22,24)/t10-/m1/s1. The number of carbonyl (C=O) groups excluding carboxylic acids is 1. The van der Waals surface area contributed by atoms with Crippen molar-refractivity contribution in [1.82, 2.24) is 0 Å². The lowest BCUT2D eigenvalue weighted by Crippen LogP contribution is -2.30. The molecule has 1 atom stereocenters. The lowest BCUT2D eigenvalue weighted by atomic mass is 10.2.